The molecule has 0 saturated heterocycles. The highest BCUT2D eigenvalue weighted by atomic mass is 19.2. The maximum Gasteiger partial charge on any atom is 0.373 e. The van der Waals surface area contributed by atoms with Crippen molar-refractivity contribution >= 4 is 5.97 Å². The van der Waals surface area contributed by atoms with Gasteiger partial charge in [0.2, 0.25) is 5.76 Å². The van der Waals surface area contributed by atoms with Crippen molar-refractivity contribution in [3.05, 3.63) is 41.9 Å². The van der Waals surface area contributed by atoms with Crippen LogP contribution in [-0.2, 0) is 9.53 Å². The maximum absolute atomic E-state index is 12.8. The van der Waals surface area contributed by atoms with Gasteiger partial charge in [-0.3, -0.25) is 0 Å². The summed E-state index contributed by atoms with van der Waals surface area (Å²) in [5.74, 6) is -6.14. The molecule has 0 N–H and O–H groups in total. The van der Waals surface area contributed by atoms with E-state index in [4.69, 9.17) is 4.74 Å². The van der Waals surface area contributed by atoms with Crippen molar-refractivity contribution in [3.8, 4) is 5.75 Å². The lowest BCUT2D eigenvalue weighted by molar-refractivity contribution is -0.140. The van der Waals surface area contributed by atoms with Gasteiger partial charge in [-0.15, -0.1) is 0 Å². The second-order valence-electron chi connectivity index (χ2n) is 2.95. The van der Waals surface area contributed by atoms with Crippen LogP contribution in [0.5, 0.6) is 5.75 Å². The number of ether oxygens (including phenoxy) is 2. The van der Waals surface area contributed by atoms with Crippen molar-refractivity contribution in [2.75, 3.05) is 6.61 Å². The molecule has 0 bridgehead atoms. The van der Waals surface area contributed by atoms with Gasteiger partial charge in [0.05, 0.1) is 6.61 Å². The third kappa shape index (κ3) is 3.24. The average molecular weight is 246 g/mol. The van der Waals surface area contributed by atoms with Crippen LogP contribution in [0.4, 0.5) is 13.2 Å². The maximum atomic E-state index is 12.8. The number of hydrogen-bond acceptors (Lipinski definition) is 3. The molecule has 17 heavy (non-hydrogen) atoms. The molecule has 0 aliphatic heterocycles. The van der Waals surface area contributed by atoms with E-state index in [0.717, 1.165) is 0 Å². The van der Waals surface area contributed by atoms with Crippen LogP contribution in [-0.4, -0.2) is 12.6 Å². The molecule has 0 aromatic heterocycles. The lowest BCUT2D eigenvalue weighted by atomic mass is 10.3. The molecule has 92 valence electrons. The van der Waals surface area contributed by atoms with E-state index in [1.54, 1.807) is 6.92 Å². The smallest absolute Gasteiger partial charge is 0.373 e. The summed E-state index contributed by atoms with van der Waals surface area (Å²) in [7, 11) is 0. The highest BCUT2D eigenvalue weighted by Crippen LogP contribution is 2.21. The van der Waals surface area contributed by atoms with Crippen LogP contribution < -0.4 is 4.74 Å². The van der Waals surface area contributed by atoms with Crippen molar-refractivity contribution in [2.24, 2.45) is 0 Å². The monoisotopic (exact) mass is 246 g/mol. The number of hydrogen-bond donors (Lipinski definition) is 0. The van der Waals surface area contributed by atoms with Crippen LogP contribution >= 0.6 is 0 Å². The molecule has 6 heteroatoms. The number of halogens is 3. The Kier molecular flexibility index (Phi) is 4.14. The van der Waals surface area contributed by atoms with Crippen LogP contribution in [0, 0.1) is 17.5 Å². The zero-order chi connectivity index (χ0) is 13.0. The molecule has 3 nitrogen and oxygen atoms in total. The zero-order valence-corrected chi connectivity index (χ0v) is 8.93. The Labute approximate surface area is 95.5 Å². The second kappa shape index (κ2) is 5.38. The van der Waals surface area contributed by atoms with Gasteiger partial charge >= 0.3 is 5.97 Å². The third-order valence-electron chi connectivity index (χ3n) is 1.70. The van der Waals surface area contributed by atoms with E-state index in [0.29, 0.717) is 12.1 Å². The molecule has 1 aromatic carbocycles. The highest BCUT2D eigenvalue weighted by Gasteiger charge is 2.15. The first-order chi connectivity index (χ1) is 7.95. The minimum absolute atomic E-state index is 0.105. The Morgan fingerprint density at radius 3 is 2.29 bits per heavy atom. The molecule has 1 aromatic rings. The first-order valence-corrected chi connectivity index (χ1v) is 4.64. The average Bonchev–Trinajstić information content (AvgIpc) is 2.26. The van der Waals surface area contributed by atoms with Crippen molar-refractivity contribution in [2.45, 2.75) is 6.92 Å². The summed E-state index contributed by atoms with van der Waals surface area (Å²) < 4.78 is 47.5. The van der Waals surface area contributed by atoms with E-state index in [1.165, 1.54) is 0 Å². The third-order valence-corrected chi connectivity index (χ3v) is 1.70. The Morgan fingerprint density at radius 1 is 1.29 bits per heavy atom. The fraction of sp³-hybridized carbons (Fsp3) is 0.182. The predicted octanol–water partition coefficient (Wildman–Crippen LogP) is 2.56. The van der Waals surface area contributed by atoms with E-state index in [1.807, 2.05) is 0 Å². The predicted molar refractivity (Wildman–Crippen MR) is 52.7 cm³/mol. The minimum Gasteiger partial charge on any atom is -0.460 e. The fourth-order valence-corrected chi connectivity index (χ4v) is 0.987. The molecule has 0 fully saturated rings. The Bertz CT molecular complexity index is 434. The van der Waals surface area contributed by atoms with Crippen molar-refractivity contribution < 1.29 is 27.4 Å². The van der Waals surface area contributed by atoms with E-state index >= 15 is 0 Å². The number of benzene rings is 1. The molecule has 0 spiro atoms. The number of rotatable bonds is 4. The van der Waals surface area contributed by atoms with Gasteiger partial charge in [0.1, 0.15) is 5.75 Å². The summed E-state index contributed by atoms with van der Waals surface area (Å²) in [5.41, 5.74) is 0. The Morgan fingerprint density at radius 2 is 1.82 bits per heavy atom. The molecule has 0 heterocycles. The highest BCUT2D eigenvalue weighted by molar-refractivity contribution is 5.86. The molecule has 0 atom stereocenters. The molecule has 0 aliphatic rings. The van der Waals surface area contributed by atoms with Crippen LogP contribution in [0.15, 0.2) is 24.5 Å². The summed E-state index contributed by atoms with van der Waals surface area (Å²) in [5, 5.41) is 0. The molecule has 0 aliphatic carbocycles. The Balaban J connectivity index is 2.82. The molecule has 0 unspecified atom stereocenters. The van der Waals surface area contributed by atoms with Crippen LogP contribution in [0.3, 0.4) is 0 Å². The summed E-state index contributed by atoms with van der Waals surface area (Å²) in [6.07, 6.45) is 0. The summed E-state index contributed by atoms with van der Waals surface area (Å²) >= 11 is 0. The Hall–Kier alpha value is -1.98. The van der Waals surface area contributed by atoms with Crippen molar-refractivity contribution in [3.63, 3.8) is 0 Å². The van der Waals surface area contributed by atoms with Crippen LogP contribution in [0.1, 0.15) is 6.92 Å². The molecular formula is C11H9F3O3. The van der Waals surface area contributed by atoms with Crippen LogP contribution in [0.2, 0.25) is 0 Å². The van der Waals surface area contributed by atoms with Gasteiger partial charge in [-0.2, -0.15) is 0 Å². The van der Waals surface area contributed by atoms with Gasteiger partial charge in [-0.25, -0.2) is 18.0 Å². The SMILES string of the molecule is C=C(Oc1cc(F)c(F)c(F)c1)C(=O)OCC. The van der Waals surface area contributed by atoms with Crippen LogP contribution in [0.25, 0.3) is 0 Å². The summed E-state index contributed by atoms with van der Waals surface area (Å²) in [6, 6.07) is 1.20. The van der Waals surface area contributed by atoms with E-state index in [2.05, 4.69) is 11.3 Å². The number of esters is 1. The van der Waals surface area contributed by atoms with Crippen molar-refractivity contribution in [1.29, 1.82) is 0 Å². The van der Waals surface area contributed by atoms with E-state index < -0.39 is 29.2 Å². The molecule has 0 amide bonds. The molecular weight excluding hydrogens is 237 g/mol. The minimum atomic E-state index is -1.61. The summed E-state index contributed by atoms with van der Waals surface area (Å²) in [6.45, 7) is 4.89. The lowest BCUT2D eigenvalue weighted by Gasteiger charge is -2.08. The quantitative estimate of drug-likeness (QED) is 0.354. The number of carbonyl (C=O) groups excluding carboxylic acids is 1. The lowest BCUT2D eigenvalue weighted by Crippen LogP contribution is -2.11. The normalized spacial score (nSPS) is 9.88. The standard InChI is InChI=1S/C11H9F3O3/c1-3-16-11(15)6(2)17-7-4-8(12)10(14)9(13)5-7/h4-5H,2-3H2,1H3. The fourth-order valence-electron chi connectivity index (χ4n) is 0.987. The topological polar surface area (TPSA) is 35.5 Å². The van der Waals surface area contributed by atoms with Gasteiger partial charge in [-0.05, 0) is 13.5 Å². The van der Waals surface area contributed by atoms with Gasteiger partial charge in [0, 0.05) is 12.1 Å². The first kappa shape index (κ1) is 13.1. The van der Waals surface area contributed by atoms with Gasteiger partial charge in [0.25, 0.3) is 0 Å². The first-order valence-electron chi connectivity index (χ1n) is 4.64. The van der Waals surface area contributed by atoms with Crippen molar-refractivity contribution in [1.82, 2.24) is 0 Å². The van der Waals surface area contributed by atoms with E-state index in [9.17, 15) is 18.0 Å². The van der Waals surface area contributed by atoms with Gasteiger partial charge in [0.15, 0.2) is 17.5 Å². The molecule has 0 saturated carbocycles. The second-order valence-corrected chi connectivity index (χ2v) is 2.95. The summed E-state index contributed by atoms with van der Waals surface area (Å²) in [4.78, 5) is 11.1. The van der Waals surface area contributed by atoms with E-state index in [-0.39, 0.29) is 12.4 Å². The molecule has 1 rings (SSSR count). The van der Waals surface area contributed by atoms with Gasteiger partial charge < -0.3 is 9.47 Å². The largest absolute Gasteiger partial charge is 0.460 e. The zero-order valence-electron chi connectivity index (χ0n) is 8.93. The number of carbonyl (C=O) groups is 1. The van der Waals surface area contributed by atoms with Gasteiger partial charge in [-0.1, -0.05) is 0 Å². The molecule has 0 radical (unpaired) electrons.